The number of rotatable bonds is 11. The Hall–Kier alpha value is -1.83. The highest BCUT2D eigenvalue weighted by molar-refractivity contribution is 9.10. The third-order valence-corrected chi connectivity index (χ3v) is 5.20. The van der Waals surface area contributed by atoms with Gasteiger partial charge in [-0.1, -0.05) is 41.9 Å². The van der Waals surface area contributed by atoms with E-state index in [2.05, 4.69) is 26.6 Å². The van der Waals surface area contributed by atoms with Crippen molar-refractivity contribution in [2.45, 2.75) is 51.8 Å². The molecule has 164 valence electrons. The third kappa shape index (κ3) is 8.90. The molecule has 0 aliphatic carbocycles. The Morgan fingerprint density at radius 1 is 1.10 bits per heavy atom. The lowest BCUT2D eigenvalue weighted by Gasteiger charge is -2.25. The molecule has 1 amide bonds. The summed E-state index contributed by atoms with van der Waals surface area (Å²) in [4.78, 5) is 12.3. The first-order valence-electron chi connectivity index (χ1n) is 10.1. The van der Waals surface area contributed by atoms with E-state index in [1.165, 1.54) is 12.1 Å². The van der Waals surface area contributed by atoms with Crippen LogP contribution in [0, 0.1) is 17.6 Å². The fraction of sp³-hybridized carbons (Fsp3) is 0.435. The van der Waals surface area contributed by atoms with Crippen molar-refractivity contribution in [3.63, 3.8) is 0 Å². The maximum absolute atomic E-state index is 13.6. The molecular weight excluding hydrogens is 454 g/mol. The molecule has 0 aromatic heterocycles. The molecule has 0 fully saturated rings. The molecule has 0 heterocycles. The van der Waals surface area contributed by atoms with Gasteiger partial charge in [0.05, 0.1) is 12.1 Å². The number of nitrogens with one attached hydrogen (secondary N) is 2. The molecule has 0 radical (unpaired) electrons. The summed E-state index contributed by atoms with van der Waals surface area (Å²) in [6.07, 6.45) is 0.266. The molecular formula is C23H29BrF2N2O2. The van der Waals surface area contributed by atoms with Crippen molar-refractivity contribution >= 4 is 21.8 Å². The van der Waals surface area contributed by atoms with E-state index in [9.17, 15) is 18.7 Å². The monoisotopic (exact) mass is 482 g/mol. The molecule has 0 aliphatic rings. The van der Waals surface area contributed by atoms with Gasteiger partial charge in [-0.15, -0.1) is 0 Å². The Morgan fingerprint density at radius 2 is 1.80 bits per heavy atom. The van der Waals surface area contributed by atoms with E-state index in [0.29, 0.717) is 24.4 Å². The Bertz CT molecular complexity index is 812. The van der Waals surface area contributed by atoms with E-state index in [1.807, 2.05) is 38.1 Å². The van der Waals surface area contributed by atoms with E-state index in [1.54, 1.807) is 0 Å². The maximum atomic E-state index is 13.6. The van der Waals surface area contributed by atoms with Gasteiger partial charge in [0, 0.05) is 30.0 Å². The molecule has 0 saturated carbocycles. The van der Waals surface area contributed by atoms with E-state index in [0.717, 1.165) is 22.5 Å². The number of aliphatic hydroxyl groups excluding tert-OH is 1. The predicted molar refractivity (Wildman–Crippen MR) is 118 cm³/mol. The summed E-state index contributed by atoms with van der Waals surface area (Å²) in [7, 11) is 0. The average molecular weight is 483 g/mol. The number of carbonyl (C=O) groups excluding carboxylic acids is 1. The van der Waals surface area contributed by atoms with Crippen LogP contribution in [0.5, 0.6) is 0 Å². The molecule has 0 saturated heterocycles. The molecule has 7 heteroatoms. The quantitative estimate of drug-likeness (QED) is 0.446. The second-order valence-electron chi connectivity index (χ2n) is 7.92. The largest absolute Gasteiger partial charge is 0.390 e. The van der Waals surface area contributed by atoms with Crippen LogP contribution in [0.1, 0.15) is 37.8 Å². The average Bonchev–Trinajstić information content (AvgIpc) is 2.65. The molecule has 2 aromatic rings. The number of hydrogen-bond donors (Lipinski definition) is 3. The molecule has 2 atom stereocenters. The van der Waals surface area contributed by atoms with Gasteiger partial charge in [0.1, 0.15) is 11.6 Å². The number of aliphatic hydroxyl groups is 1. The summed E-state index contributed by atoms with van der Waals surface area (Å²) >= 11 is 3.42. The number of amides is 1. The van der Waals surface area contributed by atoms with Crippen molar-refractivity contribution in [3.8, 4) is 0 Å². The zero-order valence-electron chi connectivity index (χ0n) is 17.3. The minimum absolute atomic E-state index is 0.127. The first kappa shape index (κ1) is 24.4. The fourth-order valence-corrected chi connectivity index (χ4v) is 3.56. The molecule has 2 aromatic carbocycles. The fourth-order valence-electron chi connectivity index (χ4n) is 3.12. The molecule has 2 rings (SSSR count). The van der Waals surface area contributed by atoms with Crippen LogP contribution in [0.4, 0.5) is 8.78 Å². The van der Waals surface area contributed by atoms with Crippen LogP contribution >= 0.6 is 15.9 Å². The van der Waals surface area contributed by atoms with Crippen LogP contribution in [-0.2, 0) is 17.8 Å². The van der Waals surface area contributed by atoms with Crippen LogP contribution in [0.2, 0.25) is 0 Å². The van der Waals surface area contributed by atoms with Crippen molar-refractivity contribution < 1.29 is 18.7 Å². The Morgan fingerprint density at radius 3 is 2.43 bits per heavy atom. The predicted octanol–water partition coefficient (Wildman–Crippen LogP) is 4.34. The second-order valence-corrected chi connectivity index (χ2v) is 8.83. The first-order valence-corrected chi connectivity index (χ1v) is 10.9. The van der Waals surface area contributed by atoms with Crippen molar-refractivity contribution in [1.82, 2.24) is 10.6 Å². The summed E-state index contributed by atoms with van der Waals surface area (Å²) in [6.45, 7) is 4.82. The second kappa shape index (κ2) is 12.1. The lowest BCUT2D eigenvalue weighted by molar-refractivity contribution is -0.122. The van der Waals surface area contributed by atoms with Crippen molar-refractivity contribution in [2.75, 3.05) is 6.54 Å². The van der Waals surface area contributed by atoms with Gasteiger partial charge in [-0.05, 0) is 54.2 Å². The lowest BCUT2D eigenvalue weighted by Crippen LogP contribution is -2.48. The van der Waals surface area contributed by atoms with Crippen LogP contribution in [0.3, 0.4) is 0 Å². The highest BCUT2D eigenvalue weighted by atomic mass is 79.9. The molecule has 0 spiro atoms. The summed E-state index contributed by atoms with van der Waals surface area (Å²) in [5.74, 6) is -1.17. The lowest BCUT2D eigenvalue weighted by atomic mass is 10.00. The molecule has 0 aliphatic heterocycles. The molecule has 30 heavy (non-hydrogen) atoms. The van der Waals surface area contributed by atoms with E-state index in [-0.39, 0.29) is 18.9 Å². The van der Waals surface area contributed by atoms with Gasteiger partial charge in [-0.2, -0.15) is 0 Å². The highest BCUT2D eigenvalue weighted by Crippen LogP contribution is 2.14. The van der Waals surface area contributed by atoms with Gasteiger partial charge in [0.15, 0.2) is 0 Å². The zero-order valence-corrected chi connectivity index (χ0v) is 18.9. The topological polar surface area (TPSA) is 61.4 Å². The standard InChI is InChI=1S/C23H29BrF2N2O2/c1-15(2)6-7-23(30)28-21(11-17-9-19(25)12-20(26)10-17)22(29)14-27-13-16-4-3-5-18(24)8-16/h3-5,8-10,12,15,21-22,27,29H,6-7,11,13-14H2,1-2H3,(H,28,30)/t21-,22-/m0/s1. The van der Waals surface area contributed by atoms with Gasteiger partial charge in [0.25, 0.3) is 0 Å². The molecule has 0 bridgehead atoms. The van der Waals surface area contributed by atoms with Crippen molar-refractivity contribution in [2.24, 2.45) is 5.92 Å². The molecule has 4 nitrogen and oxygen atoms in total. The minimum Gasteiger partial charge on any atom is -0.390 e. The van der Waals surface area contributed by atoms with Gasteiger partial charge < -0.3 is 15.7 Å². The zero-order chi connectivity index (χ0) is 22.1. The summed E-state index contributed by atoms with van der Waals surface area (Å²) < 4.78 is 28.1. The summed E-state index contributed by atoms with van der Waals surface area (Å²) in [6, 6.07) is 10.4. The number of carbonyl (C=O) groups is 1. The Kier molecular flexibility index (Phi) is 9.88. The van der Waals surface area contributed by atoms with Crippen molar-refractivity contribution in [3.05, 3.63) is 69.7 Å². The van der Waals surface area contributed by atoms with Crippen LogP contribution < -0.4 is 10.6 Å². The van der Waals surface area contributed by atoms with E-state index < -0.39 is 23.8 Å². The number of halogens is 3. The first-order chi connectivity index (χ1) is 14.2. The van der Waals surface area contributed by atoms with Crippen LogP contribution in [0.15, 0.2) is 46.9 Å². The normalized spacial score (nSPS) is 13.3. The number of benzene rings is 2. The third-order valence-electron chi connectivity index (χ3n) is 4.71. The summed E-state index contributed by atoms with van der Waals surface area (Å²) in [5, 5.41) is 16.7. The van der Waals surface area contributed by atoms with Gasteiger partial charge in [-0.25, -0.2) is 8.78 Å². The van der Waals surface area contributed by atoms with Crippen LogP contribution in [-0.4, -0.2) is 29.7 Å². The minimum atomic E-state index is -0.925. The SMILES string of the molecule is CC(C)CCC(=O)N[C@@H](Cc1cc(F)cc(F)c1)[C@@H](O)CNCc1cccc(Br)c1. The van der Waals surface area contributed by atoms with Gasteiger partial charge >= 0.3 is 0 Å². The number of hydrogen-bond acceptors (Lipinski definition) is 3. The Balaban J connectivity index is 2.01. The van der Waals surface area contributed by atoms with Crippen molar-refractivity contribution in [1.29, 1.82) is 0 Å². The highest BCUT2D eigenvalue weighted by Gasteiger charge is 2.22. The van der Waals surface area contributed by atoms with Crippen LogP contribution in [0.25, 0.3) is 0 Å². The van der Waals surface area contributed by atoms with Gasteiger partial charge in [-0.3, -0.25) is 4.79 Å². The maximum Gasteiger partial charge on any atom is 0.220 e. The van der Waals surface area contributed by atoms with E-state index in [4.69, 9.17) is 0 Å². The molecule has 0 unspecified atom stereocenters. The van der Waals surface area contributed by atoms with Gasteiger partial charge in [0.2, 0.25) is 5.91 Å². The summed E-state index contributed by atoms with van der Waals surface area (Å²) in [5.41, 5.74) is 1.42. The molecule has 3 N–H and O–H groups in total. The van der Waals surface area contributed by atoms with E-state index >= 15 is 0 Å². The Labute approximate surface area is 185 Å². The smallest absolute Gasteiger partial charge is 0.220 e.